The highest BCUT2D eigenvalue weighted by atomic mass is 32.2. The number of aromatic nitrogens is 1. The van der Waals surface area contributed by atoms with Crippen molar-refractivity contribution in [2.45, 2.75) is 23.0 Å². The van der Waals surface area contributed by atoms with Gasteiger partial charge in [-0.2, -0.15) is 0 Å². The van der Waals surface area contributed by atoms with Crippen molar-refractivity contribution in [3.05, 3.63) is 30.5 Å². The number of fused-ring (bicyclic) bond motifs is 1. The molecule has 0 atom stereocenters. The van der Waals surface area contributed by atoms with Crippen molar-refractivity contribution >= 4 is 20.7 Å². The first-order valence-corrected chi connectivity index (χ1v) is 8.01. The number of aryl methyl sites for hydroxylation is 1. The molecule has 0 saturated carbocycles. The van der Waals surface area contributed by atoms with Gasteiger partial charge in [0.1, 0.15) is 0 Å². The van der Waals surface area contributed by atoms with Gasteiger partial charge in [-0.15, -0.1) is 0 Å². The molecule has 1 aliphatic heterocycles. The predicted molar refractivity (Wildman–Crippen MR) is 73.9 cm³/mol. The second-order valence-corrected chi connectivity index (χ2v) is 7.17. The van der Waals surface area contributed by atoms with E-state index in [1.54, 1.807) is 6.20 Å². The van der Waals surface area contributed by atoms with E-state index < -0.39 is 9.84 Å². The number of rotatable bonds is 2. The third-order valence-electron chi connectivity index (χ3n) is 3.77. The molecule has 1 aliphatic rings. The van der Waals surface area contributed by atoms with Crippen LogP contribution in [-0.4, -0.2) is 31.4 Å². The summed E-state index contributed by atoms with van der Waals surface area (Å²) in [6, 6.07) is 7.62. The molecule has 2 heterocycles. The van der Waals surface area contributed by atoms with Crippen LogP contribution in [0.25, 0.3) is 10.9 Å². The third-order valence-corrected chi connectivity index (χ3v) is 6.06. The van der Waals surface area contributed by atoms with Crippen molar-refractivity contribution in [2.75, 3.05) is 13.2 Å². The van der Waals surface area contributed by atoms with E-state index in [4.69, 9.17) is 4.74 Å². The van der Waals surface area contributed by atoms with Crippen LogP contribution in [0, 0.1) is 0 Å². The molecule has 4 nitrogen and oxygen atoms in total. The SMILES string of the molecule is Cn1cc(S(=O)(=O)C2CCOCC2)c2ccccc21. The molecular formula is C14H17NO3S. The number of sulfone groups is 1. The van der Waals surface area contributed by atoms with Gasteiger partial charge in [0.25, 0.3) is 0 Å². The Balaban J connectivity index is 2.13. The topological polar surface area (TPSA) is 48.3 Å². The minimum atomic E-state index is -3.27. The lowest BCUT2D eigenvalue weighted by Crippen LogP contribution is -2.28. The van der Waals surface area contributed by atoms with Gasteiger partial charge < -0.3 is 9.30 Å². The molecule has 3 rings (SSSR count). The van der Waals surface area contributed by atoms with Crippen LogP contribution in [0.1, 0.15) is 12.8 Å². The molecular weight excluding hydrogens is 262 g/mol. The van der Waals surface area contributed by atoms with Crippen LogP contribution in [0.15, 0.2) is 35.4 Å². The van der Waals surface area contributed by atoms with Crippen LogP contribution in [0.3, 0.4) is 0 Å². The first-order valence-electron chi connectivity index (χ1n) is 6.46. The largest absolute Gasteiger partial charge is 0.381 e. The lowest BCUT2D eigenvalue weighted by molar-refractivity contribution is 0.0983. The second kappa shape index (κ2) is 4.65. The van der Waals surface area contributed by atoms with E-state index >= 15 is 0 Å². The fourth-order valence-corrected chi connectivity index (χ4v) is 4.65. The Morgan fingerprint density at radius 1 is 1.21 bits per heavy atom. The Morgan fingerprint density at radius 3 is 2.63 bits per heavy atom. The maximum Gasteiger partial charge on any atom is 0.183 e. The molecule has 2 aromatic rings. The van der Waals surface area contributed by atoms with Crippen LogP contribution < -0.4 is 0 Å². The van der Waals surface area contributed by atoms with Crippen molar-refractivity contribution in [1.29, 1.82) is 0 Å². The zero-order valence-corrected chi connectivity index (χ0v) is 11.7. The van der Waals surface area contributed by atoms with Gasteiger partial charge in [0.15, 0.2) is 9.84 Å². The molecule has 1 aromatic carbocycles. The Bertz CT molecular complexity index is 697. The minimum Gasteiger partial charge on any atom is -0.381 e. The first kappa shape index (κ1) is 12.7. The summed E-state index contributed by atoms with van der Waals surface area (Å²) in [5.41, 5.74) is 0.952. The summed E-state index contributed by atoms with van der Waals surface area (Å²) in [5, 5.41) is 0.503. The van der Waals surface area contributed by atoms with Crippen molar-refractivity contribution in [2.24, 2.45) is 7.05 Å². The minimum absolute atomic E-state index is 0.313. The predicted octanol–water partition coefficient (Wildman–Crippen LogP) is 2.13. The summed E-state index contributed by atoms with van der Waals surface area (Å²) >= 11 is 0. The van der Waals surface area contributed by atoms with Gasteiger partial charge in [-0.1, -0.05) is 18.2 Å². The van der Waals surface area contributed by atoms with Crippen LogP contribution in [0.4, 0.5) is 0 Å². The summed E-state index contributed by atoms with van der Waals surface area (Å²) in [6.45, 7) is 1.07. The summed E-state index contributed by atoms with van der Waals surface area (Å²) in [5.74, 6) is 0. The van der Waals surface area contributed by atoms with Gasteiger partial charge in [0.05, 0.1) is 10.1 Å². The van der Waals surface area contributed by atoms with Crippen LogP contribution in [-0.2, 0) is 21.6 Å². The smallest absolute Gasteiger partial charge is 0.183 e. The van der Waals surface area contributed by atoms with Crippen molar-refractivity contribution < 1.29 is 13.2 Å². The van der Waals surface area contributed by atoms with E-state index in [0.29, 0.717) is 31.0 Å². The zero-order valence-electron chi connectivity index (χ0n) is 10.9. The maximum atomic E-state index is 12.7. The van der Waals surface area contributed by atoms with E-state index in [1.165, 1.54) is 0 Å². The maximum absolute atomic E-state index is 12.7. The summed E-state index contributed by atoms with van der Waals surface area (Å²) in [6.07, 6.45) is 2.91. The summed E-state index contributed by atoms with van der Waals surface area (Å²) < 4.78 is 32.6. The van der Waals surface area contributed by atoms with Crippen molar-refractivity contribution in [3.63, 3.8) is 0 Å². The van der Waals surface area contributed by atoms with Gasteiger partial charge in [-0.25, -0.2) is 8.42 Å². The Kier molecular flexibility index (Phi) is 3.11. The van der Waals surface area contributed by atoms with Gasteiger partial charge in [0.2, 0.25) is 0 Å². The van der Waals surface area contributed by atoms with Crippen LogP contribution >= 0.6 is 0 Å². The Labute approximate surface area is 112 Å². The lowest BCUT2D eigenvalue weighted by Gasteiger charge is -2.21. The average molecular weight is 279 g/mol. The molecule has 0 aliphatic carbocycles. The summed E-state index contributed by atoms with van der Waals surface area (Å²) in [4.78, 5) is 0.456. The molecule has 0 N–H and O–H groups in total. The van der Waals surface area contributed by atoms with Crippen molar-refractivity contribution in [1.82, 2.24) is 4.57 Å². The third kappa shape index (κ3) is 2.07. The monoisotopic (exact) mass is 279 g/mol. The standard InChI is InChI=1S/C14H17NO3S/c1-15-10-14(12-4-2-3-5-13(12)15)19(16,17)11-6-8-18-9-7-11/h2-5,10-11H,6-9H2,1H3. The fourth-order valence-electron chi connectivity index (χ4n) is 2.70. The van der Waals surface area contributed by atoms with Crippen LogP contribution in [0.5, 0.6) is 0 Å². The molecule has 1 fully saturated rings. The zero-order chi connectivity index (χ0) is 13.5. The number of benzene rings is 1. The number of nitrogens with zero attached hydrogens (tertiary/aromatic N) is 1. The van der Waals surface area contributed by atoms with E-state index in [0.717, 1.165) is 10.9 Å². The molecule has 5 heteroatoms. The molecule has 0 bridgehead atoms. The Morgan fingerprint density at radius 2 is 1.89 bits per heavy atom. The first-order chi connectivity index (χ1) is 9.10. The van der Waals surface area contributed by atoms with Gasteiger partial charge in [-0.05, 0) is 18.9 Å². The quantitative estimate of drug-likeness (QED) is 0.846. The highest BCUT2D eigenvalue weighted by Gasteiger charge is 2.31. The average Bonchev–Trinajstić information content (AvgIpc) is 2.79. The number of para-hydroxylation sites is 1. The van der Waals surface area contributed by atoms with Gasteiger partial charge in [-0.3, -0.25) is 0 Å². The highest BCUT2D eigenvalue weighted by Crippen LogP contribution is 2.30. The summed E-state index contributed by atoms with van der Waals surface area (Å²) in [7, 11) is -1.39. The van der Waals surface area contributed by atoms with Gasteiger partial charge >= 0.3 is 0 Å². The van der Waals surface area contributed by atoms with E-state index in [2.05, 4.69) is 0 Å². The molecule has 0 amide bonds. The number of hydrogen-bond donors (Lipinski definition) is 0. The molecule has 19 heavy (non-hydrogen) atoms. The second-order valence-electron chi connectivity index (χ2n) is 4.98. The molecule has 0 radical (unpaired) electrons. The van der Waals surface area contributed by atoms with E-state index in [-0.39, 0.29) is 5.25 Å². The molecule has 1 saturated heterocycles. The number of hydrogen-bond acceptors (Lipinski definition) is 3. The molecule has 0 spiro atoms. The van der Waals surface area contributed by atoms with Crippen LogP contribution in [0.2, 0.25) is 0 Å². The highest BCUT2D eigenvalue weighted by molar-refractivity contribution is 7.92. The van der Waals surface area contributed by atoms with Crippen molar-refractivity contribution in [3.8, 4) is 0 Å². The molecule has 102 valence electrons. The lowest BCUT2D eigenvalue weighted by atomic mass is 10.2. The van der Waals surface area contributed by atoms with E-state index in [1.807, 2.05) is 35.9 Å². The Hall–Kier alpha value is -1.33. The van der Waals surface area contributed by atoms with E-state index in [9.17, 15) is 8.42 Å². The van der Waals surface area contributed by atoms with Gasteiger partial charge in [0, 0.05) is 37.4 Å². The number of ether oxygens (including phenoxy) is 1. The molecule has 1 aromatic heterocycles. The normalized spacial score (nSPS) is 17.9. The fraction of sp³-hybridized carbons (Fsp3) is 0.429. The molecule has 0 unspecified atom stereocenters.